The van der Waals surface area contributed by atoms with Gasteiger partial charge in [-0.2, -0.15) is 5.10 Å². The number of pyridine rings is 1. The monoisotopic (exact) mass is 365 g/mol. The van der Waals surface area contributed by atoms with Crippen molar-refractivity contribution in [2.45, 2.75) is 33.7 Å². The molecule has 1 atom stereocenters. The zero-order valence-corrected chi connectivity index (χ0v) is 16.0. The van der Waals surface area contributed by atoms with Gasteiger partial charge in [0.25, 0.3) is 11.8 Å². The van der Waals surface area contributed by atoms with Crippen LogP contribution in [-0.2, 0) is 4.79 Å². The maximum Gasteiger partial charge on any atom is 0.254 e. The van der Waals surface area contributed by atoms with E-state index in [2.05, 4.69) is 27.0 Å². The lowest BCUT2D eigenvalue weighted by atomic mass is 9.95. The van der Waals surface area contributed by atoms with Crippen LogP contribution in [0.2, 0.25) is 0 Å². The van der Waals surface area contributed by atoms with Crippen molar-refractivity contribution in [3.63, 3.8) is 0 Å². The topological polar surface area (TPSA) is 89.2 Å². The minimum atomic E-state index is -0.438. The fourth-order valence-corrected chi connectivity index (χ4v) is 3.15. The van der Waals surface area contributed by atoms with Crippen LogP contribution in [0.1, 0.15) is 49.8 Å². The number of rotatable bonds is 5. The molecule has 0 spiro atoms. The molecule has 1 aliphatic rings. The summed E-state index contributed by atoms with van der Waals surface area (Å²) >= 11 is 0. The van der Waals surface area contributed by atoms with Crippen LogP contribution >= 0.6 is 0 Å². The molecule has 7 nitrogen and oxygen atoms in total. The quantitative estimate of drug-likeness (QED) is 0.882. The third-order valence-electron chi connectivity index (χ3n) is 4.57. The summed E-state index contributed by atoms with van der Waals surface area (Å²) in [6.07, 6.45) is 5.11. The zero-order chi connectivity index (χ0) is 19.7. The fourth-order valence-electron chi connectivity index (χ4n) is 3.15. The highest BCUT2D eigenvalue weighted by Crippen LogP contribution is 2.22. The third-order valence-corrected chi connectivity index (χ3v) is 4.57. The summed E-state index contributed by atoms with van der Waals surface area (Å²) in [7, 11) is 0. The van der Waals surface area contributed by atoms with E-state index >= 15 is 0 Å². The van der Waals surface area contributed by atoms with E-state index in [0.717, 1.165) is 5.57 Å². The lowest BCUT2D eigenvalue weighted by Gasteiger charge is -2.19. The van der Waals surface area contributed by atoms with Crippen molar-refractivity contribution in [2.24, 2.45) is 10.9 Å². The van der Waals surface area contributed by atoms with Crippen molar-refractivity contribution in [3.05, 3.63) is 41.7 Å². The predicted molar refractivity (Wildman–Crippen MR) is 106 cm³/mol. The molecule has 0 aliphatic carbocycles. The molecule has 2 aromatic rings. The number of amides is 2. The lowest BCUT2D eigenvalue weighted by Crippen LogP contribution is -2.34. The molecule has 7 heteroatoms. The zero-order valence-electron chi connectivity index (χ0n) is 16.0. The number of hydrogen-bond donors (Lipinski definition) is 1. The Balaban J connectivity index is 1.89. The average Bonchev–Trinajstić information content (AvgIpc) is 3.03. The van der Waals surface area contributed by atoms with Gasteiger partial charge in [-0.25, -0.2) is 14.7 Å². The largest absolute Gasteiger partial charge is 0.351 e. The molecule has 0 saturated heterocycles. The van der Waals surface area contributed by atoms with Gasteiger partial charge in [-0.05, 0) is 45.9 Å². The molecule has 2 aromatic heterocycles. The first-order valence-corrected chi connectivity index (χ1v) is 8.88. The molecule has 0 fully saturated rings. The highest BCUT2D eigenvalue weighted by atomic mass is 16.2. The van der Waals surface area contributed by atoms with Crippen LogP contribution in [0.15, 0.2) is 35.5 Å². The van der Waals surface area contributed by atoms with E-state index in [1.165, 1.54) is 0 Å². The van der Waals surface area contributed by atoms with Crippen LogP contribution < -0.4 is 5.32 Å². The molecule has 0 saturated carbocycles. The van der Waals surface area contributed by atoms with Crippen molar-refractivity contribution in [1.29, 1.82) is 0 Å². The van der Waals surface area contributed by atoms with Crippen LogP contribution in [0.4, 0.5) is 0 Å². The number of carbonyl (C=O) groups is 2. The Morgan fingerprint density at radius 2 is 2.15 bits per heavy atom. The van der Waals surface area contributed by atoms with Gasteiger partial charge in [0.2, 0.25) is 0 Å². The Hall–Kier alpha value is -3.09. The van der Waals surface area contributed by atoms with E-state index in [4.69, 9.17) is 0 Å². The van der Waals surface area contributed by atoms with Crippen LogP contribution in [0.3, 0.4) is 0 Å². The van der Waals surface area contributed by atoms with Gasteiger partial charge in [0.1, 0.15) is 0 Å². The van der Waals surface area contributed by atoms with E-state index in [0.29, 0.717) is 28.0 Å². The summed E-state index contributed by atoms with van der Waals surface area (Å²) in [5.74, 6) is -0.944. The smallest absolute Gasteiger partial charge is 0.254 e. The molecule has 140 valence electrons. The maximum atomic E-state index is 12.8. The number of hydrogen-bond acceptors (Lipinski definition) is 4. The predicted octanol–water partition coefficient (Wildman–Crippen LogP) is 2.95. The van der Waals surface area contributed by atoms with Crippen molar-refractivity contribution in [3.8, 4) is 0 Å². The van der Waals surface area contributed by atoms with Gasteiger partial charge >= 0.3 is 0 Å². The van der Waals surface area contributed by atoms with Crippen molar-refractivity contribution in [1.82, 2.24) is 20.1 Å². The first-order chi connectivity index (χ1) is 12.8. The summed E-state index contributed by atoms with van der Waals surface area (Å²) in [5, 5.41) is 7.88. The number of aromatic nitrogens is 3. The molecular weight excluding hydrogens is 342 g/mol. The standard InChI is InChI=1S/C20H23N5O2/c1-6-14-8-15(17-10-22-25(11(2)3)18(17)24-14)19(26)21-9-16-12(4)7-13(5)23-20(16)27/h6-8,10-11,16H,1,9H2,2-5H3,(H,21,26). The summed E-state index contributed by atoms with van der Waals surface area (Å²) in [5.41, 5.74) is 3.28. The van der Waals surface area contributed by atoms with Crippen LogP contribution in [-0.4, -0.2) is 38.8 Å². The second-order valence-corrected chi connectivity index (χ2v) is 6.96. The molecule has 2 amide bonds. The summed E-state index contributed by atoms with van der Waals surface area (Å²) in [6.45, 7) is 11.6. The molecular formula is C20H23N5O2. The number of nitrogens with zero attached hydrogens (tertiary/aromatic N) is 4. The molecule has 1 aliphatic heterocycles. The normalized spacial score (nSPS) is 17.1. The van der Waals surface area contributed by atoms with E-state index in [1.807, 2.05) is 26.8 Å². The fraction of sp³-hybridized carbons (Fsp3) is 0.350. The van der Waals surface area contributed by atoms with Crippen LogP contribution in [0.5, 0.6) is 0 Å². The first-order valence-electron chi connectivity index (χ1n) is 8.88. The number of allylic oxidation sites excluding steroid dienone is 1. The molecule has 0 aromatic carbocycles. The van der Waals surface area contributed by atoms with Crippen LogP contribution in [0.25, 0.3) is 17.1 Å². The number of aliphatic imine (C=N–C) groups is 1. The molecule has 0 radical (unpaired) electrons. The molecule has 1 unspecified atom stereocenters. The van der Waals surface area contributed by atoms with Gasteiger partial charge in [-0.15, -0.1) is 0 Å². The first kappa shape index (κ1) is 18.7. The Morgan fingerprint density at radius 1 is 1.41 bits per heavy atom. The van der Waals surface area contributed by atoms with Gasteiger partial charge < -0.3 is 5.32 Å². The molecule has 3 rings (SSSR count). The van der Waals surface area contributed by atoms with Crippen LogP contribution in [0, 0.1) is 5.92 Å². The number of fused-ring (bicyclic) bond motifs is 1. The Kier molecular flexibility index (Phi) is 5.03. The lowest BCUT2D eigenvalue weighted by molar-refractivity contribution is -0.120. The Morgan fingerprint density at radius 3 is 2.78 bits per heavy atom. The summed E-state index contributed by atoms with van der Waals surface area (Å²) in [4.78, 5) is 33.5. The van der Waals surface area contributed by atoms with E-state index in [9.17, 15) is 9.59 Å². The van der Waals surface area contributed by atoms with Gasteiger partial charge in [0.15, 0.2) is 5.65 Å². The van der Waals surface area contributed by atoms with E-state index in [1.54, 1.807) is 29.9 Å². The van der Waals surface area contributed by atoms with Crippen molar-refractivity contribution in [2.75, 3.05) is 6.54 Å². The number of carbonyl (C=O) groups excluding carboxylic acids is 2. The highest BCUT2D eigenvalue weighted by molar-refractivity contribution is 6.07. The summed E-state index contributed by atoms with van der Waals surface area (Å²) < 4.78 is 1.77. The SMILES string of the molecule is C=Cc1cc(C(=O)NCC2C(=O)N=C(C)C=C2C)c2cnn(C(C)C)c2n1. The van der Waals surface area contributed by atoms with Gasteiger partial charge in [-0.3, -0.25) is 9.59 Å². The highest BCUT2D eigenvalue weighted by Gasteiger charge is 2.25. The Labute approximate surface area is 157 Å². The van der Waals surface area contributed by atoms with E-state index < -0.39 is 5.92 Å². The second-order valence-electron chi connectivity index (χ2n) is 6.96. The van der Waals surface area contributed by atoms with Gasteiger partial charge in [-0.1, -0.05) is 12.2 Å². The average molecular weight is 365 g/mol. The maximum absolute atomic E-state index is 12.8. The van der Waals surface area contributed by atoms with Crippen molar-refractivity contribution < 1.29 is 9.59 Å². The molecule has 0 bridgehead atoms. The van der Waals surface area contributed by atoms with Crippen molar-refractivity contribution >= 4 is 34.6 Å². The molecule has 27 heavy (non-hydrogen) atoms. The Bertz CT molecular complexity index is 997. The van der Waals surface area contributed by atoms with Gasteiger partial charge in [0, 0.05) is 18.3 Å². The molecule has 3 heterocycles. The van der Waals surface area contributed by atoms with Gasteiger partial charge in [0.05, 0.1) is 28.8 Å². The summed E-state index contributed by atoms with van der Waals surface area (Å²) in [6, 6.07) is 1.80. The number of nitrogens with one attached hydrogen (secondary N) is 1. The van der Waals surface area contributed by atoms with E-state index in [-0.39, 0.29) is 24.4 Å². The minimum absolute atomic E-state index is 0.111. The molecule has 1 N–H and O–H groups in total. The third kappa shape index (κ3) is 3.58. The number of dihydropyridines is 1. The second kappa shape index (κ2) is 7.26. The minimum Gasteiger partial charge on any atom is -0.351 e.